The zero-order valence-electron chi connectivity index (χ0n) is 11.1. The Morgan fingerprint density at radius 1 is 1.28 bits per heavy atom. The summed E-state index contributed by atoms with van der Waals surface area (Å²) in [6.07, 6.45) is 3.98. The molecule has 3 nitrogen and oxygen atoms in total. The van der Waals surface area contributed by atoms with Gasteiger partial charge in [-0.2, -0.15) is 0 Å². The fourth-order valence-electron chi connectivity index (χ4n) is 2.60. The number of hydrogen-bond donors (Lipinski definition) is 1. The molecular formula is C15H22N2O. The third-order valence-corrected chi connectivity index (χ3v) is 3.77. The van der Waals surface area contributed by atoms with Gasteiger partial charge in [-0.25, -0.2) is 0 Å². The fraction of sp³-hybridized carbons (Fsp3) is 0.533. The van der Waals surface area contributed by atoms with Crippen LogP contribution in [0.4, 0.5) is 5.69 Å². The lowest BCUT2D eigenvalue weighted by Gasteiger charge is -2.32. The highest BCUT2D eigenvalue weighted by Gasteiger charge is 2.21. The van der Waals surface area contributed by atoms with Crippen LogP contribution < -0.4 is 5.73 Å². The maximum atomic E-state index is 11.6. The van der Waals surface area contributed by atoms with E-state index in [1.54, 1.807) is 0 Å². The SMILES string of the molecule is CCC(=O)N1CCC(Cc2ccc(N)cc2)CC1. The van der Waals surface area contributed by atoms with E-state index in [0.29, 0.717) is 18.2 Å². The van der Waals surface area contributed by atoms with Crippen LogP contribution in [0.25, 0.3) is 0 Å². The summed E-state index contributed by atoms with van der Waals surface area (Å²) >= 11 is 0. The van der Waals surface area contributed by atoms with Crippen molar-refractivity contribution in [3.8, 4) is 0 Å². The average Bonchev–Trinajstić information content (AvgIpc) is 2.41. The summed E-state index contributed by atoms with van der Waals surface area (Å²) in [5, 5.41) is 0. The number of anilines is 1. The summed E-state index contributed by atoms with van der Waals surface area (Å²) in [6.45, 7) is 3.78. The van der Waals surface area contributed by atoms with Crippen molar-refractivity contribution < 1.29 is 4.79 Å². The number of rotatable bonds is 3. The van der Waals surface area contributed by atoms with Gasteiger partial charge in [0.2, 0.25) is 5.91 Å². The van der Waals surface area contributed by atoms with Gasteiger partial charge in [-0.1, -0.05) is 19.1 Å². The Kier molecular flexibility index (Phi) is 4.24. The molecule has 1 aromatic rings. The number of carbonyl (C=O) groups excluding carboxylic acids is 1. The molecule has 0 bridgehead atoms. The Hall–Kier alpha value is -1.51. The van der Waals surface area contributed by atoms with Crippen molar-refractivity contribution in [3.63, 3.8) is 0 Å². The molecule has 1 amide bonds. The highest BCUT2D eigenvalue weighted by molar-refractivity contribution is 5.75. The Morgan fingerprint density at radius 2 is 1.89 bits per heavy atom. The molecule has 0 radical (unpaired) electrons. The van der Waals surface area contributed by atoms with E-state index >= 15 is 0 Å². The maximum Gasteiger partial charge on any atom is 0.222 e. The minimum atomic E-state index is 0.293. The standard InChI is InChI=1S/C15H22N2O/c1-2-15(18)17-9-7-13(8-10-17)11-12-3-5-14(16)6-4-12/h3-6,13H,2,7-11,16H2,1H3. The van der Waals surface area contributed by atoms with Gasteiger partial charge in [0.1, 0.15) is 0 Å². The molecule has 1 aromatic carbocycles. The van der Waals surface area contributed by atoms with E-state index < -0.39 is 0 Å². The van der Waals surface area contributed by atoms with Crippen molar-refractivity contribution in [2.75, 3.05) is 18.8 Å². The largest absolute Gasteiger partial charge is 0.399 e. The van der Waals surface area contributed by atoms with Crippen molar-refractivity contribution in [2.45, 2.75) is 32.6 Å². The molecule has 1 aliphatic heterocycles. The first-order valence-corrected chi connectivity index (χ1v) is 6.81. The molecule has 1 heterocycles. The molecule has 0 saturated carbocycles. The molecule has 0 atom stereocenters. The molecule has 98 valence electrons. The first-order valence-electron chi connectivity index (χ1n) is 6.81. The molecular weight excluding hydrogens is 224 g/mol. The van der Waals surface area contributed by atoms with Gasteiger partial charge in [0.25, 0.3) is 0 Å². The zero-order chi connectivity index (χ0) is 13.0. The van der Waals surface area contributed by atoms with Crippen LogP contribution in [0, 0.1) is 5.92 Å². The van der Waals surface area contributed by atoms with E-state index in [1.165, 1.54) is 5.56 Å². The number of piperidine rings is 1. The second-order valence-corrected chi connectivity index (χ2v) is 5.12. The number of amides is 1. The summed E-state index contributed by atoms with van der Waals surface area (Å²) in [6, 6.07) is 8.15. The molecule has 3 heteroatoms. The molecule has 0 spiro atoms. The van der Waals surface area contributed by atoms with E-state index in [2.05, 4.69) is 12.1 Å². The summed E-state index contributed by atoms with van der Waals surface area (Å²) in [5.41, 5.74) is 7.86. The Bertz CT molecular complexity index is 391. The molecule has 1 saturated heterocycles. The minimum absolute atomic E-state index is 0.293. The van der Waals surface area contributed by atoms with Crippen molar-refractivity contribution >= 4 is 11.6 Å². The number of likely N-dealkylation sites (tertiary alicyclic amines) is 1. The summed E-state index contributed by atoms with van der Waals surface area (Å²) in [7, 11) is 0. The fourth-order valence-corrected chi connectivity index (χ4v) is 2.60. The molecule has 18 heavy (non-hydrogen) atoms. The average molecular weight is 246 g/mol. The summed E-state index contributed by atoms with van der Waals surface area (Å²) in [5.74, 6) is 0.996. The summed E-state index contributed by atoms with van der Waals surface area (Å²) < 4.78 is 0. The molecule has 0 unspecified atom stereocenters. The normalized spacial score (nSPS) is 16.8. The van der Waals surface area contributed by atoms with E-state index in [-0.39, 0.29) is 0 Å². The van der Waals surface area contributed by atoms with Crippen LogP contribution >= 0.6 is 0 Å². The van der Waals surface area contributed by atoms with E-state index in [1.807, 2.05) is 24.0 Å². The van der Waals surface area contributed by atoms with Gasteiger partial charge >= 0.3 is 0 Å². The molecule has 0 aliphatic carbocycles. The quantitative estimate of drug-likeness (QED) is 0.833. The van der Waals surface area contributed by atoms with Gasteiger partial charge in [-0.15, -0.1) is 0 Å². The Labute approximate surface area is 109 Å². The third-order valence-electron chi connectivity index (χ3n) is 3.77. The number of nitrogens with zero attached hydrogens (tertiary/aromatic N) is 1. The van der Waals surface area contributed by atoms with Crippen molar-refractivity contribution in [3.05, 3.63) is 29.8 Å². The molecule has 1 aliphatic rings. The molecule has 2 N–H and O–H groups in total. The second-order valence-electron chi connectivity index (χ2n) is 5.12. The van der Waals surface area contributed by atoms with Gasteiger partial charge in [-0.3, -0.25) is 4.79 Å². The smallest absolute Gasteiger partial charge is 0.222 e. The van der Waals surface area contributed by atoms with Crippen LogP contribution in [-0.2, 0) is 11.2 Å². The van der Waals surface area contributed by atoms with Crippen molar-refractivity contribution in [1.82, 2.24) is 4.90 Å². The number of benzene rings is 1. The minimum Gasteiger partial charge on any atom is -0.399 e. The van der Waals surface area contributed by atoms with Gasteiger partial charge in [0.05, 0.1) is 0 Å². The van der Waals surface area contributed by atoms with Crippen LogP contribution in [0.5, 0.6) is 0 Å². The number of nitrogen functional groups attached to an aromatic ring is 1. The van der Waals surface area contributed by atoms with E-state index in [0.717, 1.165) is 38.0 Å². The molecule has 1 fully saturated rings. The number of hydrogen-bond acceptors (Lipinski definition) is 2. The first-order chi connectivity index (χ1) is 8.69. The Balaban J connectivity index is 1.83. The molecule has 2 rings (SSSR count). The number of carbonyl (C=O) groups is 1. The van der Waals surface area contributed by atoms with Crippen LogP contribution in [0.2, 0.25) is 0 Å². The van der Waals surface area contributed by atoms with Crippen LogP contribution in [0.3, 0.4) is 0 Å². The van der Waals surface area contributed by atoms with Gasteiger partial charge in [0, 0.05) is 25.2 Å². The predicted octanol–water partition coefficient (Wildman–Crippen LogP) is 2.46. The predicted molar refractivity (Wildman–Crippen MR) is 74.2 cm³/mol. The second kappa shape index (κ2) is 5.89. The van der Waals surface area contributed by atoms with E-state index in [4.69, 9.17) is 5.73 Å². The lowest BCUT2D eigenvalue weighted by atomic mass is 9.90. The first kappa shape index (κ1) is 12.9. The van der Waals surface area contributed by atoms with Gasteiger partial charge < -0.3 is 10.6 Å². The topological polar surface area (TPSA) is 46.3 Å². The third kappa shape index (κ3) is 3.25. The van der Waals surface area contributed by atoms with Gasteiger partial charge in [0.15, 0.2) is 0 Å². The summed E-state index contributed by atoms with van der Waals surface area (Å²) in [4.78, 5) is 13.6. The highest BCUT2D eigenvalue weighted by atomic mass is 16.2. The van der Waals surface area contributed by atoms with Gasteiger partial charge in [-0.05, 0) is 42.9 Å². The lowest BCUT2D eigenvalue weighted by molar-refractivity contribution is -0.132. The maximum absolute atomic E-state index is 11.6. The lowest BCUT2D eigenvalue weighted by Crippen LogP contribution is -2.38. The monoisotopic (exact) mass is 246 g/mol. The van der Waals surface area contributed by atoms with Crippen LogP contribution in [0.1, 0.15) is 31.7 Å². The van der Waals surface area contributed by atoms with Crippen molar-refractivity contribution in [2.24, 2.45) is 5.92 Å². The van der Waals surface area contributed by atoms with Crippen LogP contribution in [-0.4, -0.2) is 23.9 Å². The van der Waals surface area contributed by atoms with Crippen molar-refractivity contribution in [1.29, 1.82) is 0 Å². The van der Waals surface area contributed by atoms with E-state index in [9.17, 15) is 4.79 Å². The molecule has 0 aromatic heterocycles. The van der Waals surface area contributed by atoms with Crippen LogP contribution in [0.15, 0.2) is 24.3 Å². The zero-order valence-corrected chi connectivity index (χ0v) is 11.1. The number of nitrogens with two attached hydrogens (primary N) is 1. The Morgan fingerprint density at radius 3 is 2.44 bits per heavy atom. The highest BCUT2D eigenvalue weighted by Crippen LogP contribution is 2.22.